The number of amides is 7. The number of fused-ring (bicyclic) bond motifs is 1. The summed E-state index contributed by atoms with van der Waals surface area (Å²) in [6, 6.07) is 10.2. The molecule has 7 atom stereocenters. The second-order valence-corrected chi connectivity index (χ2v) is 15.6. The highest BCUT2D eigenvalue weighted by molar-refractivity contribution is 5.97. The molecular formula is C42H58N8O7. The van der Waals surface area contributed by atoms with Crippen LogP contribution in [0.5, 0.6) is 0 Å². The van der Waals surface area contributed by atoms with Crippen molar-refractivity contribution in [1.29, 1.82) is 0 Å². The van der Waals surface area contributed by atoms with E-state index >= 15 is 0 Å². The summed E-state index contributed by atoms with van der Waals surface area (Å²) in [7, 11) is 0. The lowest BCUT2D eigenvalue weighted by molar-refractivity contribution is -0.136. The smallest absolute Gasteiger partial charge is 0.243 e. The van der Waals surface area contributed by atoms with Gasteiger partial charge in [0.1, 0.15) is 36.3 Å². The molecule has 15 nitrogen and oxygen atoms in total. The normalized spacial score (nSPS) is 24.8. The summed E-state index contributed by atoms with van der Waals surface area (Å²) >= 11 is 0. The summed E-state index contributed by atoms with van der Waals surface area (Å²) in [6.45, 7) is 12.1. The number of carbonyl (C=O) groups excluding carboxylic acids is 7. The minimum absolute atomic E-state index is 0.0124. The van der Waals surface area contributed by atoms with Crippen molar-refractivity contribution >= 4 is 52.3 Å². The van der Waals surface area contributed by atoms with Gasteiger partial charge in [0.15, 0.2) is 0 Å². The van der Waals surface area contributed by atoms with Crippen LogP contribution in [0.2, 0.25) is 0 Å². The maximum absolute atomic E-state index is 14.2. The van der Waals surface area contributed by atoms with Crippen molar-refractivity contribution in [3.05, 3.63) is 71.9 Å². The lowest BCUT2D eigenvalue weighted by Crippen LogP contribution is -2.61. The third-order valence-corrected chi connectivity index (χ3v) is 10.1. The Bertz CT molecular complexity index is 1890. The van der Waals surface area contributed by atoms with Gasteiger partial charge in [-0.25, -0.2) is 0 Å². The fourth-order valence-electron chi connectivity index (χ4n) is 6.76. The zero-order valence-electron chi connectivity index (χ0n) is 33.9. The van der Waals surface area contributed by atoms with Crippen LogP contribution in [0.3, 0.4) is 0 Å². The predicted octanol–water partition coefficient (Wildman–Crippen LogP) is 2.07. The number of H-pyrrole nitrogens is 1. The van der Waals surface area contributed by atoms with Gasteiger partial charge in [0, 0.05) is 42.4 Å². The Balaban J connectivity index is 1.66. The van der Waals surface area contributed by atoms with Crippen LogP contribution in [0.1, 0.15) is 84.8 Å². The Kier molecular flexibility index (Phi) is 15.8. The van der Waals surface area contributed by atoms with Crippen LogP contribution in [0.4, 0.5) is 0 Å². The van der Waals surface area contributed by atoms with Crippen LogP contribution in [-0.2, 0) is 40.0 Å². The van der Waals surface area contributed by atoms with Gasteiger partial charge in [0.2, 0.25) is 41.4 Å². The zero-order valence-corrected chi connectivity index (χ0v) is 33.9. The molecule has 2 aromatic carbocycles. The van der Waals surface area contributed by atoms with Gasteiger partial charge < -0.3 is 42.2 Å². The Hall–Kier alpha value is -5.73. The lowest BCUT2D eigenvalue weighted by atomic mass is 9.91. The Morgan fingerprint density at radius 1 is 0.614 bits per heavy atom. The van der Waals surface area contributed by atoms with Crippen molar-refractivity contribution in [1.82, 2.24) is 42.2 Å². The molecule has 0 aliphatic carbocycles. The van der Waals surface area contributed by atoms with E-state index in [1.165, 1.54) is 13.8 Å². The summed E-state index contributed by atoms with van der Waals surface area (Å²) in [5.74, 6) is -5.06. The molecule has 308 valence electrons. The highest BCUT2D eigenvalue weighted by Crippen LogP contribution is 2.22. The summed E-state index contributed by atoms with van der Waals surface area (Å²) in [4.78, 5) is 98.6. The standard InChI is InChI=1S/C42H58N8O7/c1-23(2)20-32-40(55)50-36(25(5)28-14-9-8-10-15-28)42(57)49-35(24(3)4)41(56)46-27(7)38(53)48-33(21-29-22-44-31-17-12-11-16-30(29)31)39(54)43-19-13-18-34(51)45-26(6)37(52)47-32/h8-12,14-17,22-27,32-33,35-36,44H,13,18-21H2,1-7H3,(H,43,54)(H,45,51)(H,46,56)(H,47,52)(H,48,53)(H,49,57)(H,50,55)/t25?,26-,27-,32-,33-,35-,36?/m1/s1. The molecule has 3 aromatic rings. The minimum Gasteiger partial charge on any atom is -0.361 e. The molecular weight excluding hydrogens is 729 g/mol. The molecule has 1 aliphatic rings. The van der Waals surface area contributed by atoms with Crippen molar-refractivity contribution < 1.29 is 33.6 Å². The fraction of sp³-hybridized carbons (Fsp3) is 0.500. The van der Waals surface area contributed by atoms with Gasteiger partial charge in [-0.05, 0) is 55.7 Å². The van der Waals surface area contributed by atoms with Crippen molar-refractivity contribution in [3.63, 3.8) is 0 Å². The monoisotopic (exact) mass is 786 g/mol. The number of nitrogens with one attached hydrogen (secondary N) is 8. The van der Waals surface area contributed by atoms with E-state index in [1.807, 2.05) is 68.4 Å². The summed E-state index contributed by atoms with van der Waals surface area (Å²) in [5.41, 5.74) is 2.40. The van der Waals surface area contributed by atoms with Crippen molar-refractivity contribution in [2.45, 2.75) is 116 Å². The molecule has 8 N–H and O–H groups in total. The van der Waals surface area contributed by atoms with Gasteiger partial charge in [0.25, 0.3) is 0 Å². The molecule has 1 aliphatic heterocycles. The molecule has 0 radical (unpaired) electrons. The summed E-state index contributed by atoms with van der Waals surface area (Å²) < 4.78 is 0. The van der Waals surface area contributed by atoms with Gasteiger partial charge in [0.05, 0.1) is 0 Å². The minimum atomic E-state index is -1.18. The van der Waals surface area contributed by atoms with E-state index in [9.17, 15) is 33.6 Å². The quantitative estimate of drug-likeness (QED) is 0.178. The van der Waals surface area contributed by atoms with Gasteiger partial charge in [-0.2, -0.15) is 0 Å². The van der Waals surface area contributed by atoms with E-state index in [1.54, 1.807) is 27.0 Å². The second kappa shape index (κ2) is 20.4. The average Bonchev–Trinajstić information content (AvgIpc) is 3.58. The lowest BCUT2D eigenvalue weighted by Gasteiger charge is -2.31. The fourth-order valence-corrected chi connectivity index (χ4v) is 6.76. The SMILES string of the molecule is CC(C)C[C@H]1NC(=O)[C@@H](C)NC(=O)CCCNC(=O)[C@@H](Cc2c[nH]c3ccccc23)NC(=O)[C@@H](C)NC(=O)[C@@H](C(C)C)NC(=O)C(C(C)c2ccccc2)NC1=O. The van der Waals surface area contributed by atoms with E-state index in [0.29, 0.717) is 0 Å². The van der Waals surface area contributed by atoms with Crippen molar-refractivity contribution in [2.75, 3.05) is 6.54 Å². The number of carbonyl (C=O) groups is 7. The van der Waals surface area contributed by atoms with Gasteiger partial charge >= 0.3 is 0 Å². The van der Waals surface area contributed by atoms with Crippen molar-refractivity contribution in [3.8, 4) is 0 Å². The molecule has 4 rings (SSSR count). The van der Waals surface area contributed by atoms with Crippen LogP contribution in [0, 0.1) is 11.8 Å². The van der Waals surface area contributed by atoms with Crippen LogP contribution in [0.15, 0.2) is 60.8 Å². The van der Waals surface area contributed by atoms with Crippen LogP contribution < -0.4 is 37.2 Å². The van der Waals surface area contributed by atoms with E-state index in [2.05, 4.69) is 42.2 Å². The topological polar surface area (TPSA) is 219 Å². The van der Waals surface area contributed by atoms with E-state index in [-0.39, 0.29) is 38.1 Å². The largest absolute Gasteiger partial charge is 0.361 e. The Morgan fingerprint density at radius 3 is 1.88 bits per heavy atom. The van der Waals surface area contributed by atoms with Gasteiger partial charge in [-0.3, -0.25) is 33.6 Å². The highest BCUT2D eigenvalue weighted by atomic mass is 16.2. The van der Waals surface area contributed by atoms with E-state index in [0.717, 1.165) is 22.0 Å². The molecule has 57 heavy (non-hydrogen) atoms. The number of hydrogen-bond acceptors (Lipinski definition) is 7. The first-order chi connectivity index (χ1) is 27.0. The van der Waals surface area contributed by atoms with E-state index in [4.69, 9.17) is 0 Å². The van der Waals surface area contributed by atoms with Gasteiger partial charge in [-0.15, -0.1) is 0 Å². The molecule has 7 amide bonds. The molecule has 1 saturated heterocycles. The maximum atomic E-state index is 14.2. The van der Waals surface area contributed by atoms with Crippen molar-refractivity contribution in [2.24, 2.45) is 11.8 Å². The zero-order chi connectivity index (χ0) is 41.8. The highest BCUT2D eigenvalue weighted by Gasteiger charge is 2.36. The Labute approximate surface area is 334 Å². The van der Waals surface area contributed by atoms with Crippen LogP contribution in [-0.4, -0.2) is 89.1 Å². The number of aromatic nitrogens is 1. The molecule has 15 heteroatoms. The van der Waals surface area contributed by atoms with Crippen LogP contribution >= 0.6 is 0 Å². The van der Waals surface area contributed by atoms with Crippen LogP contribution in [0.25, 0.3) is 10.9 Å². The first-order valence-corrected chi connectivity index (χ1v) is 19.7. The molecule has 2 unspecified atom stereocenters. The molecule has 1 aromatic heterocycles. The van der Waals surface area contributed by atoms with Gasteiger partial charge in [-0.1, -0.05) is 83.1 Å². The number of para-hydroxylation sites is 1. The molecule has 0 spiro atoms. The Morgan fingerprint density at radius 2 is 1.21 bits per heavy atom. The first kappa shape index (κ1) is 44.0. The molecule has 2 heterocycles. The second-order valence-electron chi connectivity index (χ2n) is 15.6. The number of rotatable bonds is 7. The third-order valence-electron chi connectivity index (χ3n) is 10.1. The average molecular weight is 787 g/mol. The van der Waals surface area contributed by atoms with E-state index < -0.39 is 89.4 Å². The summed E-state index contributed by atoms with van der Waals surface area (Å²) in [6.07, 6.45) is 2.37. The molecule has 1 fully saturated rings. The third kappa shape index (κ3) is 12.4. The number of aromatic amines is 1. The molecule has 0 bridgehead atoms. The predicted molar refractivity (Wildman–Crippen MR) is 216 cm³/mol. The maximum Gasteiger partial charge on any atom is 0.243 e. The molecule has 0 saturated carbocycles. The number of hydrogen-bond donors (Lipinski definition) is 8. The number of benzene rings is 2. The summed E-state index contributed by atoms with van der Waals surface area (Å²) in [5, 5.41) is 20.2. The first-order valence-electron chi connectivity index (χ1n) is 19.7.